The number of esters is 1. The Hall–Kier alpha value is -2.02. The number of amides is 1. The monoisotopic (exact) mass is 514 g/mol. The lowest BCUT2D eigenvalue weighted by molar-refractivity contribution is -0.575. The van der Waals surface area contributed by atoms with Gasteiger partial charge in [-0.25, -0.2) is 4.79 Å². The van der Waals surface area contributed by atoms with Gasteiger partial charge >= 0.3 is 12.2 Å². The molecule has 2 unspecified atom stereocenters. The summed E-state index contributed by atoms with van der Waals surface area (Å²) in [6.07, 6.45) is -1.52. The Morgan fingerprint density at radius 2 is 1.97 bits per heavy atom. The summed E-state index contributed by atoms with van der Waals surface area (Å²) in [5, 5.41) is 11.1. The van der Waals surface area contributed by atoms with Crippen LogP contribution in [0.2, 0.25) is 0 Å². The van der Waals surface area contributed by atoms with Crippen molar-refractivity contribution in [2.24, 2.45) is 0 Å². The van der Waals surface area contributed by atoms with Gasteiger partial charge in [-0.1, -0.05) is 25.1 Å². The van der Waals surface area contributed by atoms with Crippen molar-refractivity contribution in [1.29, 1.82) is 0 Å². The molecule has 2 atom stereocenters. The van der Waals surface area contributed by atoms with Gasteiger partial charge in [0.25, 0.3) is 0 Å². The molecule has 1 fully saturated rings. The molecule has 1 aromatic rings. The Kier molecular flexibility index (Phi) is 11.2. The van der Waals surface area contributed by atoms with Crippen LogP contribution in [0.5, 0.6) is 0 Å². The molecule has 0 aliphatic carbocycles. The van der Waals surface area contributed by atoms with Crippen LogP contribution in [0.1, 0.15) is 39.0 Å². The van der Waals surface area contributed by atoms with E-state index in [9.17, 15) is 24.5 Å². The van der Waals surface area contributed by atoms with Crippen LogP contribution in [0.25, 0.3) is 0 Å². The topological polar surface area (TPSA) is 116 Å². The smallest absolute Gasteiger partial charge is 0.383 e. The van der Waals surface area contributed by atoms with Crippen molar-refractivity contribution in [3.8, 4) is 0 Å². The fourth-order valence-electron chi connectivity index (χ4n) is 2.88. The molecule has 0 saturated carbocycles. The van der Waals surface area contributed by atoms with Crippen LogP contribution in [0.3, 0.4) is 0 Å². The molecular weight excluding hydrogens is 488 g/mol. The highest BCUT2D eigenvalue weighted by molar-refractivity contribution is 8.29. The first-order valence-electron chi connectivity index (χ1n) is 10.3. The van der Waals surface area contributed by atoms with Gasteiger partial charge in [-0.15, -0.1) is 23.5 Å². The molecule has 180 valence electrons. The van der Waals surface area contributed by atoms with E-state index in [-0.39, 0.29) is 38.3 Å². The lowest BCUT2D eigenvalue weighted by atomic mass is 10.1. The summed E-state index contributed by atoms with van der Waals surface area (Å²) in [6, 6.07) is 7.86. The summed E-state index contributed by atoms with van der Waals surface area (Å²) in [5.41, 5.74) is 0.0519. The first-order valence-corrected chi connectivity index (χ1v) is 13.1. The Balaban J connectivity index is 2.45. The average molecular weight is 515 g/mol. The number of nitrogens with zero attached hydrogens (tertiary/aromatic N) is 2. The Bertz CT molecular complexity index is 895. The Labute approximate surface area is 205 Å². The van der Waals surface area contributed by atoms with E-state index in [1.807, 2.05) is 13.8 Å². The lowest BCUT2D eigenvalue weighted by Crippen LogP contribution is -2.52. The Morgan fingerprint density at radius 3 is 2.52 bits per heavy atom. The van der Waals surface area contributed by atoms with Crippen molar-refractivity contribution >= 4 is 52.3 Å². The quantitative estimate of drug-likeness (QED) is 0.0726. The first kappa shape index (κ1) is 27.2. The highest BCUT2D eigenvalue weighted by Gasteiger charge is 2.44. The lowest BCUT2D eigenvalue weighted by Gasteiger charge is -2.40. The van der Waals surface area contributed by atoms with Crippen molar-refractivity contribution in [2.75, 3.05) is 24.7 Å². The number of likely N-dealkylation sites (tertiary alicyclic amines) is 1. The summed E-state index contributed by atoms with van der Waals surface area (Å²) < 4.78 is 10.9. The number of β-lactam (4-membered cyclic amide) rings is 1. The van der Waals surface area contributed by atoms with E-state index in [0.29, 0.717) is 24.7 Å². The predicted octanol–water partition coefficient (Wildman–Crippen LogP) is 4.04. The zero-order valence-electron chi connectivity index (χ0n) is 18.6. The van der Waals surface area contributed by atoms with Crippen LogP contribution in [-0.2, 0) is 23.9 Å². The highest BCUT2D eigenvalue weighted by Crippen LogP contribution is 2.41. The first-order chi connectivity index (χ1) is 15.8. The molecule has 1 saturated heterocycles. The number of thioether (sulfide) groups is 3. The number of carbonyl (C=O) groups excluding carboxylic acids is 3. The molecule has 0 radical (unpaired) electrons. The van der Waals surface area contributed by atoms with Gasteiger partial charge in [-0.2, -0.15) is 0 Å². The van der Waals surface area contributed by atoms with Gasteiger partial charge in [0, 0.05) is 19.3 Å². The van der Waals surface area contributed by atoms with Crippen molar-refractivity contribution in [2.45, 2.75) is 38.8 Å². The minimum absolute atomic E-state index is 0.137. The summed E-state index contributed by atoms with van der Waals surface area (Å²) in [7, 11) is 0. The number of nitro groups is 1. The van der Waals surface area contributed by atoms with E-state index in [2.05, 4.69) is 0 Å². The molecule has 1 aliphatic heterocycles. The molecule has 0 spiro atoms. The van der Waals surface area contributed by atoms with Gasteiger partial charge in [-0.3, -0.25) is 24.6 Å². The van der Waals surface area contributed by atoms with Gasteiger partial charge in [0.15, 0.2) is 10.8 Å². The maximum Gasteiger partial charge on any atom is 0.383 e. The molecule has 0 aromatic heterocycles. The van der Waals surface area contributed by atoms with Gasteiger partial charge < -0.3 is 9.47 Å². The zero-order chi connectivity index (χ0) is 24.4. The summed E-state index contributed by atoms with van der Waals surface area (Å²) in [4.78, 5) is 50.1. The fraction of sp³-hybridized carbons (Fsp3) is 0.476. The molecular formula is C21H26N2O7S3. The molecule has 2 rings (SSSR count). The minimum atomic E-state index is -1.75. The molecule has 0 N–H and O–H groups in total. The van der Waals surface area contributed by atoms with Crippen LogP contribution in [-0.4, -0.2) is 56.9 Å². The third-order valence-electron chi connectivity index (χ3n) is 4.29. The van der Waals surface area contributed by atoms with Crippen molar-refractivity contribution in [3.63, 3.8) is 0 Å². The molecule has 0 bridgehead atoms. The molecule has 1 amide bonds. The molecule has 1 heterocycles. The minimum Gasteiger partial charge on any atom is -0.389 e. The third-order valence-corrected chi connectivity index (χ3v) is 7.48. The number of carbonyl (C=O) groups is 3. The maximum absolute atomic E-state index is 13.3. The number of rotatable bonds is 13. The number of hydrogen-bond donors (Lipinski definition) is 0. The molecule has 12 heteroatoms. The second-order valence-corrected chi connectivity index (χ2v) is 10.6. The summed E-state index contributed by atoms with van der Waals surface area (Å²) in [5.74, 6) is -0.212. The second-order valence-electron chi connectivity index (χ2n) is 6.61. The summed E-state index contributed by atoms with van der Waals surface area (Å²) in [6.45, 7) is 6.00. The van der Waals surface area contributed by atoms with Crippen LogP contribution in [0.4, 0.5) is 0 Å². The maximum atomic E-state index is 13.3. The van der Waals surface area contributed by atoms with E-state index in [1.165, 1.54) is 47.5 Å². The highest BCUT2D eigenvalue weighted by atomic mass is 32.2. The molecule has 1 aromatic carbocycles. The van der Waals surface area contributed by atoms with Gasteiger partial charge in [0.05, 0.1) is 33.1 Å². The van der Waals surface area contributed by atoms with Crippen molar-refractivity contribution in [1.82, 2.24) is 4.90 Å². The fourth-order valence-corrected chi connectivity index (χ4v) is 5.98. The predicted molar refractivity (Wildman–Crippen MR) is 130 cm³/mol. The second kappa shape index (κ2) is 13.6. The molecule has 1 aliphatic rings. The van der Waals surface area contributed by atoms with E-state index in [0.717, 1.165) is 11.8 Å². The van der Waals surface area contributed by atoms with Gasteiger partial charge in [-0.05, 0) is 36.6 Å². The summed E-state index contributed by atoms with van der Waals surface area (Å²) >= 11 is 3.45. The number of benzene rings is 1. The average Bonchev–Trinajstić information content (AvgIpc) is 2.77. The number of hydrogen-bond acceptors (Lipinski definition) is 10. The Morgan fingerprint density at radius 1 is 1.27 bits per heavy atom. The standard InChI is InChI=1S/C21H26N2O7S3/c1-4-29-11-12-32-21(33-14(3)24)18(22-16(25)13-17(22)31-5-2)20(26)30-19(23(27)28)15-9-7-6-8-10-15/h6-10,17,19H,4-5,11-13H2,1-3H3. The molecule has 33 heavy (non-hydrogen) atoms. The van der Waals surface area contributed by atoms with Gasteiger partial charge in [0.1, 0.15) is 0 Å². The van der Waals surface area contributed by atoms with E-state index in [4.69, 9.17) is 9.47 Å². The van der Waals surface area contributed by atoms with E-state index in [1.54, 1.807) is 18.2 Å². The molecule has 9 nitrogen and oxygen atoms in total. The van der Waals surface area contributed by atoms with Gasteiger partial charge in [0.2, 0.25) is 5.91 Å². The van der Waals surface area contributed by atoms with E-state index >= 15 is 0 Å². The zero-order valence-corrected chi connectivity index (χ0v) is 21.0. The van der Waals surface area contributed by atoms with Crippen molar-refractivity contribution in [3.05, 3.63) is 55.9 Å². The largest absolute Gasteiger partial charge is 0.389 e. The van der Waals surface area contributed by atoms with Crippen LogP contribution < -0.4 is 0 Å². The third kappa shape index (κ3) is 7.76. The SMILES string of the molecule is CCOCCSC(SC(C)=O)=C(C(=O)OC(c1ccccc1)[N+](=O)[O-])N1C(=O)CC1SCC. The van der Waals surface area contributed by atoms with E-state index < -0.39 is 17.1 Å². The van der Waals surface area contributed by atoms with Crippen LogP contribution in [0.15, 0.2) is 40.3 Å². The normalized spacial score (nSPS) is 17.1. The van der Waals surface area contributed by atoms with Crippen LogP contribution in [0, 0.1) is 10.1 Å². The van der Waals surface area contributed by atoms with Crippen molar-refractivity contribution < 1.29 is 28.8 Å². The van der Waals surface area contributed by atoms with Crippen LogP contribution >= 0.6 is 35.3 Å². The number of ether oxygens (including phenoxy) is 2.